The van der Waals surface area contributed by atoms with Crippen molar-refractivity contribution in [1.82, 2.24) is 0 Å². The summed E-state index contributed by atoms with van der Waals surface area (Å²) in [7, 11) is 0. The van der Waals surface area contributed by atoms with Crippen LogP contribution in [0.5, 0.6) is 0 Å². The second-order valence-corrected chi connectivity index (χ2v) is 7.00. The highest BCUT2D eigenvalue weighted by molar-refractivity contribution is 5.64. The molecule has 0 bridgehead atoms. The van der Waals surface area contributed by atoms with Crippen LogP contribution in [0, 0.1) is 0 Å². The Morgan fingerprint density at radius 3 is 1.00 bits per heavy atom. The van der Waals surface area contributed by atoms with Crippen LogP contribution in [0.3, 0.4) is 0 Å². The zero-order valence-corrected chi connectivity index (χ0v) is 13.0. The van der Waals surface area contributed by atoms with Crippen LogP contribution in [-0.2, 0) is 10.8 Å². The molecule has 0 aliphatic heterocycles. The van der Waals surface area contributed by atoms with Crippen LogP contribution in [0.1, 0.15) is 63.6 Å². The fraction of sp³-hybridized carbons (Fsp3) is 0.400. The van der Waals surface area contributed by atoms with E-state index < -0.39 is 10.8 Å². The maximum absolute atomic E-state index is 8.42. The summed E-state index contributed by atoms with van der Waals surface area (Å²) in [4.78, 5) is 0. The van der Waals surface area contributed by atoms with Gasteiger partial charge < -0.3 is 0 Å². The normalized spacial score (nSPS) is 18.1. The average molecular weight is 274 g/mol. The van der Waals surface area contributed by atoms with Crippen molar-refractivity contribution in [3.8, 4) is 11.1 Å². The Morgan fingerprint density at radius 1 is 0.550 bits per heavy atom. The van der Waals surface area contributed by atoms with Crippen LogP contribution in [-0.4, -0.2) is 0 Å². The topological polar surface area (TPSA) is 0 Å². The molecule has 0 fully saturated rings. The lowest BCUT2D eigenvalue weighted by Crippen LogP contribution is -2.10. The Labute approximate surface area is 135 Å². The van der Waals surface area contributed by atoms with Crippen LogP contribution in [0.25, 0.3) is 11.1 Å². The van der Waals surface area contributed by atoms with Crippen molar-refractivity contribution in [2.75, 3.05) is 0 Å². The third-order valence-electron chi connectivity index (χ3n) is 3.00. The van der Waals surface area contributed by atoms with Crippen LogP contribution in [0.2, 0.25) is 0 Å². The molecule has 0 aliphatic carbocycles. The summed E-state index contributed by atoms with van der Waals surface area (Å²) in [6, 6.07) is -2.29. The fourth-order valence-corrected chi connectivity index (χ4v) is 1.62. The molecule has 0 saturated heterocycles. The Bertz CT molecular complexity index is 825. The monoisotopic (exact) mass is 274 g/mol. The van der Waals surface area contributed by atoms with Gasteiger partial charge in [0.2, 0.25) is 0 Å². The van der Waals surface area contributed by atoms with E-state index in [-0.39, 0.29) is 70.6 Å². The van der Waals surface area contributed by atoms with Gasteiger partial charge in [-0.25, -0.2) is 0 Å². The maximum atomic E-state index is 8.42. The first kappa shape index (κ1) is 7.45. The fourth-order valence-electron chi connectivity index (χ4n) is 1.62. The van der Waals surface area contributed by atoms with E-state index in [2.05, 4.69) is 0 Å². The molecule has 106 valence electrons. The third kappa shape index (κ3) is 3.30. The van der Waals surface area contributed by atoms with E-state index in [0.29, 0.717) is 0 Å². The highest BCUT2D eigenvalue weighted by Crippen LogP contribution is 2.28. The minimum Gasteiger partial charge on any atom is -0.0579 e. The average Bonchev–Trinajstić information content (AvgIpc) is 2.52. The minimum atomic E-state index is -0.622. The highest BCUT2D eigenvalue weighted by atomic mass is 14.2. The molecule has 0 aliphatic rings. The summed E-state index contributed by atoms with van der Waals surface area (Å²) in [6.07, 6.45) is 0. The molecular formula is C20H26. The third-order valence-corrected chi connectivity index (χ3v) is 3.00. The predicted molar refractivity (Wildman–Crippen MR) is 89.3 cm³/mol. The molecule has 0 aromatic heterocycles. The van der Waals surface area contributed by atoms with E-state index in [4.69, 9.17) is 11.0 Å². The summed E-state index contributed by atoms with van der Waals surface area (Å²) in [5, 5.41) is 0. The molecule has 0 amide bonds. The molecule has 0 heterocycles. The molecule has 0 saturated carbocycles. The van der Waals surface area contributed by atoms with Gasteiger partial charge >= 0.3 is 0 Å². The number of benzene rings is 2. The van der Waals surface area contributed by atoms with E-state index in [9.17, 15) is 0 Å². The minimum absolute atomic E-state index is 0.194. The summed E-state index contributed by atoms with van der Waals surface area (Å²) in [5.41, 5.74) is -1.12. The van der Waals surface area contributed by atoms with Gasteiger partial charge in [0.25, 0.3) is 0 Å². The number of hydrogen-bond donors (Lipinski definition) is 0. The van der Waals surface area contributed by atoms with Gasteiger partial charge in [-0.3, -0.25) is 0 Å². The van der Waals surface area contributed by atoms with Gasteiger partial charge in [0.1, 0.15) is 0 Å². The molecule has 0 N–H and O–H groups in total. The van der Waals surface area contributed by atoms with E-state index in [0.717, 1.165) is 0 Å². The second-order valence-electron chi connectivity index (χ2n) is 7.00. The summed E-state index contributed by atoms with van der Waals surface area (Å²) in [5.74, 6) is 0. The first-order valence-electron chi connectivity index (χ1n) is 10.8. The van der Waals surface area contributed by atoms with Crippen LogP contribution < -0.4 is 0 Å². The Hall–Kier alpha value is -1.56. The first-order chi connectivity index (χ1) is 12.5. The van der Waals surface area contributed by atoms with Crippen molar-refractivity contribution in [2.24, 2.45) is 0 Å². The molecule has 2 rings (SSSR count). The quantitative estimate of drug-likeness (QED) is 0.603. The van der Waals surface area contributed by atoms with Crippen LogP contribution in [0.4, 0.5) is 0 Å². The van der Waals surface area contributed by atoms with Crippen molar-refractivity contribution < 1.29 is 11.0 Å². The van der Waals surface area contributed by atoms with Gasteiger partial charge in [-0.1, -0.05) is 89.9 Å². The molecule has 0 heteroatoms. The second kappa shape index (κ2) is 5.09. The zero-order chi connectivity index (χ0) is 21.9. The molecule has 0 radical (unpaired) electrons. The molecule has 0 spiro atoms. The van der Waals surface area contributed by atoms with Crippen molar-refractivity contribution in [2.45, 2.75) is 52.4 Å². The van der Waals surface area contributed by atoms with Crippen molar-refractivity contribution >= 4 is 0 Å². The lowest BCUT2D eigenvalue weighted by Gasteiger charge is -2.20. The SMILES string of the molecule is [2H]c1c([2H])c(C(C)(C)C)c([2H])c([2H])c1-c1c([2H])c([2H])c(C(C)(C)C)c([2H])c1[2H]. The number of hydrogen-bond acceptors (Lipinski definition) is 0. The molecule has 20 heavy (non-hydrogen) atoms. The van der Waals surface area contributed by atoms with Gasteiger partial charge in [0.05, 0.1) is 11.0 Å². The smallest absolute Gasteiger partial charge is 0.0579 e. The Kier molecular flexibility index (Phi) is 1.89. The summed E-state index contributed by atoms with van der Waals surface area (Å²) < 4.78 is 67.1. The molecule has 2 aromatic rings. The lowest BCUT2D eigenvalue weighted by molar-refractivity contribution is 0.590. The molecule has 0 unspecified atom stereocenters. The van der Waals surface area contributed by atoms with Gasteiger partial charge in [0, 0.05) is 0 Å². The zero-order valence-electron chi connectivity index (χ0n) is 21.0. The summed E-state index contributed by atoms with van der Waals surface area (Å²) in [6.45, 7) is 10.8. The molecule has 0 nitrogen and oxygen atoms in total. The lowest BCUT2D eigenvalue weighted by atomic mass is 9.85. The van der Waals surface area contributed by atoms with E-state index in [1.54, 1.807) is 41.5 Å². The van der Waals surface area contributed by atoms with Crippen LogP contribution in [0.15, 0.2) is 48.3 Å². The standard InChI is InChI=1S/C20H26/c1-19(2,3)17-11-7-15(8-12-17)16-9-13-18(14-10-16)20(4,5)6/h7-14H,1-6H3/i7D,8D,9D,10D,11D,12D,13D,14D. The highest BCUT2D eigenvalue weighted by Gasteiger charge is 2.14. The van der Waals surface area contributed by atoms with E-state index in [1.165, 1.54) is 0 Å². The van der Waals surface area contributed by atoms with Gasteiger partial charge in [-0.05, 0) is 33.1 Å². The molecule has 0 atom stereocenters. The van der Waals surface area contributed by atoms with Crippen molar-refractivity contribution in [3.05, 3.63) is 59.5 Å². The van der Waals surface area contributed by atoms with Crippen LogP contribution >= 0.6 is 0 Å². The van der Waals surface area contributed by atoms with Crippen molar-refractivity contribution in [1.29, 1.82) is 0 Å². The molecule has 2 aromatic carbocycles. The molecular weight excluding hydrogens is 240 g/mol. The van der Waals surface area contributed by atoms with Crippen molar-refractivity contribution in [3.63, 3.8) is 0 Å². The van der Waals surface area contributed by atoms with Gasteiger partial charge in [-0.2, -0.15) is 0 Å². The van der Waals surface area contributed by atoms with E-state index in [1.807, 2.05) is 0 Å². The Morgan fingerprint density at radius 2 is 0.800 bits per heavy atom. The summed E-state index contributed by atoms with van der Waals surface area (Å²) >= 11 is 0. The Balaban J connectivity index is 3.04. The first-order valence-corrected chi connectivity index (χ1v) is 6.75. The largest absolute Gasteiger partial charge is 0.0629 e. The number of rotatable bonds is 1. The van der Waals surface area contributed by atoms with E-state index >= 15 is 0 Å². The van der Waals surface area contributed by atoms with Gasteiger partial charge in [0.15, 0.2) is 0 Å². The maximum Gasteiger partial charge on any atom is 0.0629 e. The van der Waals surface area contributed by atoms with Gasteiger partial charge in [-0.15, -0.1) is 0 Å². The predicted octanol–water partition coefficient (Wildman–Crippen LogP) is 5.95.